The van der Waals surface area contributed by atoms with Gasteiger partial charge in [0.2, 0.25) is 5.91 Å². The Morgan fingerprint density at radius 1 is 1.00 bits per heavy atom. The summed E-state index contributed by atoms with van der Waals surface area (Å²) in [5, 5.41) is 5.05. The largest absolute Gasteiger partial charge is 0.374 e. The summed E-state index contributed by atoms with van der Waals surface area (Å²) >= 11 is 0. The van der Waals surface area contributed by atoms with Crippen molar-refractivity contribution in [3.63, 3.8) is 0 Å². The van der Waals surface area contributed by atoms with Gasteiger partial charge in [0.05, 0.1) is 12.2 Å². The Labute approximate surface area is 119 Å². The van der Waals surface area contributed by atoms with Crippen LogP contribution in [-0.2, 0) is 11.3 Å². The number of halogens is 3. The maximum Gasteiger partial charge on any atom is 0.239 e. The lowest BCUT2D eigenvalue weighted by molar-refractivity contribution is -0.119. The third-order valence-corrected chi connectivity index (χ3v) is 2.80. The zero-order valence-corrected chi connectivity index (χ0v) is 11.0. The van der Waals surface area contributed by atoms with Crippen molar-refractivity contribution >= 4 is 11.6 Å². The average Bonchev–Trinajstić information content (AvgIpc) is 2.45. The van der Waals surface area contributed by atoms with Gasteiger partial charge in [-0.25, -0.2) is 13.2 Å². The number of carbonyl (C=O) groups is 1. The van der Waals surface area contributed by atoms with Crippen molar-refractivity contribution in [1.82, 2.24) is 5.32 Å². The fraction of sp³-hybridized carbons (Fsp3) is 0.133. The molecule has 0 atom stereocenters. The molecule has 6 heteroatoms. The zero-order valence-electron chi connectivity index (χ0n) is 11.0. The van der Waals surface area contributed by atoms with Gasteiger partial charge in [0.25, 0.3) is 0 Å². The highest BCUT2D eigenvalue weighted by Gasteiger charge is 2.07. The molecule has 2 rings (SSSR count). The Morgan fingerprint density at radius 2 is 1.76 bits per heavy atom. The van der Waals surface area contributed by atoms with E-state index in [9.17, 15) is 18.0 Å². The molecule has 2 N–H and O–H groups in total. The standard InChI is InChI=1S/C15H13F3N2O/c16-11-5-6-14(13(18)7-11)19-9-15(21)20-8-10-3-1-2-4-12(10)17/h1-7,19H,8-9H2,(H,20,21). The van der Waals surface area contributed by atoms with Gasteiger partial charge >= 0.3 is 0 Å². The molecule has 0 aliphatic carbocycles. The van der Waals surface area contributed by atoms with Gasteiger partial charge in [-0.2, -0.15) is 0 Å². The summed E-state index contributed by atoms with van der Waals surface area (Å²) in [6.45, 7) is -0.157. The van der Waals surface area contributed by atoms with Crippen molar-refractivity contribution in [1.29, 1.82) is 0 Å². The Hall–Kier alpha value is -2.50. The quantitative estimate of drug-likeness (QED) is 0.890. The Balaban J connectivity index is 1.84. The normalized spacial score (nSPS) is 10.2. The fourth-order valence-electron chi connectivity index (χ4n) is 1.71. The molecule has 0 heterocycles. The number of hydrogen-bond donors (Lipinski definition) is 2. The highest BCUT2D eigenvalue weighted by molar-refractivity contribution is 5.80. The van der Waals surface area contributed by atoms with Crippen LogP contribution in [0.1, 0.15) is 5.56 Å². The molecule has 21 heavy (non-hydrogen) atoms. The van der Waals surface area contributed by atoms with E-state index in [1.54, 1.807) is 18.2 Å². The van der Waals surface area contributed by atoms with E-state index >= 15 is 0 Å². The number of benzene rings is 2. The smallest absolute Gasteiger partial charge is 0.239 e. The third kappa shape index (κ3) is 4.24. The first-order chi connectivity index (χ1) is 10.1. The minimum absolute atomic E-state index is 0.0254. The van der Waals surface area contributed by atoms with E-state index in [0.717, 1.165) is 12.1 Å². The summed E-state index contributed by atoms with van der Waals surface area (Å²) in [7, 11) is 0. The van der Waals surface area contributed by atoms with Crippen LogP contribution in [0.25, 0.3) is 0 Å². The summed E-state index contributed by atoms with van der Waals surface area (Å²) in [6.07, 6.45) is 0. The van der Waals surface area contributed by atoms with Crippen LogP contribution in [0.4, 0.5) is 18.9 Å². The highest BCUT2D eigenvalue weighted by atomic mass is 19.1. The van der Waals surface area contributed by atoms with E-state index in [0.29, 0.717) is 5.56 Å². The van der Waals surface area contributed by atoms with E-state index in [4.69, 9.17) is 0 Å². The van der Waals surface area contributed by atoms with E-state index in [-0.39, 0.29) is 18.8 Å². The molecule has 0 aromatic heterocycles. The second-order valence-corrected chi connectivity index (χ2v) is 4.35. The van der Waals surface area contributed by atoms with E-state index in [1.807, 2.05) is 0 Å². The minimum atomic E-state index is -0.781. The number of amides is 1. The molecule has 0 aliphatic rings. The van der Waals surface area contributed by atoms with Crippen molar-refractivity contribution in [2.75, 3.05) is 11.9 Å². The molecule has 0 spiro atoms. The number of rotatable bonds is 5. The summed E-state index contributed by atoms with van der Waals surface area (Å²) in [4.78, 5) is 11.6. The summed E-state index contributed by atoms with van der Waals surface area (Å²) in [5.74, 6) is -2.31. The second kappa shape index (κ2) is 6.78. The van der Waals surface area contributed by atoms with Crippen molar-refractivity contribution < 1.29 is 18.0 Å². The first-order valence-corrected chi connectivity index (χ1v) is 6.25. The van der Waals surface area contributed by atoms with E-state index < -0.39 is 23.4 Å². The molecule has 2 aromatic carbocycles. The van der Waals surface area contributed by atoms with E-state index in [2.05, 4.69) is 10.6 Å². The van der Waals surface area contributed by atoms with Crippen LogP contribution in [0.15, 0.2) is 42.5 Å². The third-order valence-electron chi connectivity index (χ3n) is 2.80. The number of hydrogen-bond acceptors (Lipinski definition) is 2. The molecule has 2 aromatic rings. The SMILES string of the molecule is O=C(CNc1ccc(F)cc1F)NCc1ccccc1F. The predicted molar refractivity (Wildman–Crippen MR) is 73.1 cm³/mol. The zero-order chi connectivity index (χ0) is 15.2. The first-order valence-electron chi connectivity index (χ1n) is 6.25. The lowest BCUT2D eigenvalue weighted by atomic mass is 10.2. The highest BCUT2D eigenvalue weighted by Crippen LogP contribution is 2.14. The maximum absolute atomic E-state index is 13.3. The molecule has 0 saturated heterocycles. The summed E-state index contributed by atoms with van der Waals surface area (Å²) in [6, 6.07) is 9.09. The van der Waals surface area contributed by atoms with Gasteiger partial charge in [0, 0.05) is 18.2 Å². The summed E-state index contributed by atoms with van der Waals surface area (Å²) in [5.41, 5.74) is 0.385. The van der Waals surface area contributed by atoms with Crippen LogP contribution < -0.4 is 10.6 Å². The van der Waals surface area contributed by atoms with Crippen LogP contribution in [-0.4, -0.2) is 12.5 Å². The van der Waals surface area contributed by atoms with Gasteiger partial charge in [0.1, 0.15) is 17.5 Å². The predicted octanol–water partition coefficient (Wildman–Crippen LogP) is 2.83. The molecule has 3 nitrogen and oxygen atoms in total. The van der Waals surface area contributed by atoms with Crippen LogP contribution in [0.3, 0.4) is 0 Å². The van der Waals surface area contributed by atoms with Crippen molar-refractivity contribution in [3.8, 4) is 0 Å². The molecule has 0 saturated carbocycles. The van der Waals surface area contributed by atoms with Crippen molar-refractivity contribution in [2.45, 2.75) is 6.54 Å². The molecule has 0 bridgehead atoms. The first kappa shape index (κ1) is 14.9. The van der Waals surface area contributed by atoms with Crippen LogP contribution >= 0.6 is 0 Å². The molecule has 0 fully saturated rings. The van der Waals surface area contributed by atoms with Gasteiger partial charge in [0.15, 0.2) is 0 Å². The van der Waals surface area contributed by atoms with Gasteiger partial charge in [-0.3, -0.25) is 4.79 Å². The van der Waals surface area contributed by atoms with Gasteiger partial charge in [-0.05, 0) is 18.2 Å². The van der Waals surface area contributed by atoms with Gasteiger partial charge in [-0.1, -0.05) is 18.2 Å². The number of carbonyl (C=O) groups excluding carboxylic acids is 1. The van der Waals surface area contributed by atoms with Crippen molar-refractivity contribution in [2.24, 2.45) is 0 Å². The lowest BCUT2D eigenvalue weighted by Crippen LogP contribution is -2.29. The maximum atomic E-state index is 13.3. The van der Waals surface area contributed by atoms with E-state index in [1.165, 1.54) is 12.1 Å². The molecule has 0 radical (unpaired) electrons. The lowest BCUT2D eigenvalue weighted by Gasteiger charge is -2.09. The van der Waals surface area contributed by atoms with Crippen LogP contribution in [0.5, 0.6) is 0 Å². The topological polar surface area (TPSA) is 41.1 Å². The average molecular weight is 294 g/mol. The number of anilines is 1. The second-order valence-electron chi connectivity index (χ2n) is 4.35. The number of nitrogens with one attached hydrogen (secondary N) is 2. The van der Waals surface area contributed by atoms with Gasteiger partial charge in [-0.15, -0.1) is 0 Å². The minimum Gasteiger partial charge on any atom is -0.374 e. The fourth-order valence-corrected chi connectivity index (χ4v) is 1.71. The van der Waals surface area contributed by atoms with Gasteiger partial charge < -0.3 is 10.6 Å². The summed E-state index contributed by atoms with van der Waals surface area (Å²) < 4.78 is 39.4. The van der Waals surface area contributed by atoms with Crippen LogP contribution in [0.2, 0.25) is 0 Å². The monoisotopic (exact) mass is 294 g/mol. The Kier molecular flexibility index (Phi) is 4.81. The molecule has 0 aliphatic heterocycles. The van der Waals surface area contributed by atoms with Crippen LogP contribution in [0, 0.1) is 17.5 Å². The van der Waals surface area contributed by atoms with Crippen molar-refractivity contribution in [3.05, 3.63) is 65.5 Å². The molecular formula is C15H13F3N2O. The molecule has 1 amide bonds. The Bertz CT molecular complexity index is 647. The molecule has 110 valence electrons. The molecule has 0 unspecified atom stereocenters. The Morgan fingerprint density at radius 3 is 2.48 bits per heavy atom. The molecular weight excluding hydrogens is 281 g/mol.